The van der Waals surface area contributed by atoms with Crippen molar-refractivity contribution in [3.8, 4) is 44.9 Å². The monoisotopic (exact) mass is 1290 g/mol. The van der Waals surface area contributed by atoms with E-state index < -0.39 is 11.9 Å². The molecule has 4 aromatic carbocycles. The molecule has 2 aliphatic carbocycles. The highest BCUT2D eigenvalue weighted by Gasteiger charge is 2.31. The summed E-state index contributed by atoms with van der Waals surface area (Å²) in [4.78, 5) is 48.4. The molecule has 492 valence electrons. The summed E-state index contributed by atoms with van der Waals surface area (Å²) in [5, 5.41) is 4.74. The Bertz CT molecular complexity index is 3610. The molecule has 92 heavy (non-hydrogen) atoms. The van der Waals surface area contributed by atoms with Crippen molar-refractivity contribution >= 4 is 74.5 Å². The molecular formula is C79H102Cl2N4O7+2. The topological polar surface area (TPSA) is 108 Å². The number of unbranched alkanes of at least 4 members (excludes halogenated alkanes) is 12. The van der Waals surface area contributed by atoms with Gasteiger partial charge >= 0.3 is 18.0 Å². The molecule has 0 saturated carbocycles. The zero-order chi connectivity index (χ0) is 65.7. The summed E-state index contributed by atoms with van der Waals surface area (Å²) in [6, 6.07) is 31.4. The molecule has 0 atom stereocenters. The van der Waals surface area contributed by atoms with Crippen LogP contribution in [0.3, 0.4) is 0 Å². The van der Waals surface area contributed by atoms with Crippen molar-refractivity contribution in [2.75, 3.05) is 62.3 Å². The maximum Gasteiger partial charge on any atom is 0.338 e. The van der Waals surface area contributed by atoms with Gasteiger partial charge in [-0.1, -0.05) is 156 Å². The highest BCUT2D eigenvalue weighted by Crippen LogP contribution is 2.46. The summed E-state index contributed by atoms with van der Waals surface area (Å²) in [7, 11) is 0. The van der Waals surface area contributed by atoms with E-state index in [4.69, 9.17) is 41.5 Å². The molecule has 0 fully saturated rings. The molecular weight excluding hydrogens is 1190 g/mol. The van der Waals surface area contributed by atoms with Crippen LogP contribution in [0.1, 0.15) is 216 Å². The van der Waals surface area contributed by atoms with Crippen LogP contribution in [0.15, 0.2) is 106 Å². The minimum Gasteiger partial charge on any atom is -0.462 e. The molecule has 4 aromatic rings. The van der Waals surface area contributed by atoms with E-state index in [0.717, 1.165) is 209 Å². The Hall–Kier alpha value is -6.95. The summed E-state index contributed by atoms with van der Waals surface area (Å²) in [5.41, 5.74) is 10.1. The van der Waals surface area contributed by atoms with Gasteiger partial charge in [-0.3, -0.25) is 9.80 Å². The molecule has 2 heterocycles. The number of benzene rings is 6. The molecule has 0 N–H and O–H groups in total. The first kappa shape index (κ1) is 70.9. The first-order valence-electron chi connectivity index (χ1n) is 34.9. The maximum atomic E-state index is 16.0. The van der Waals surface area contributed by atoms with E-state index in [0.29, 0.717) is 92.7 Å². The summed E-state index contributed by atoms with van der Waals surface area (Å²) in [6.07, 6.45) is 19.6. The van der Waals surface area contributed by atoms with E-state index >= 15 is 4.79 Å². The Morgan fingerprint density at radius 2 is 0.783 bits per heavy atom. The normalized spacial score (nSPS) is 11.5. The second-order valence-electron chi connectivity index (χ2n) is 25.0. The Morgan fingerprint density at radius 1 is 0.413 bits per heavy atom. The summed E-state index contributed by atoms with van der Waals surface area (Å²) >= 11 is 13.9. The molecule has 0 spiro atoms. The van der Waals surface area contributed by atoms with Gasteiger partial charge in [0.2, 0.25) is 10.7 Å². The minimum absolute atomic E-state index is 0.189. The average Bonchev–Trinajstić information content (AvgIpc) is 0.772. The molecule has 4 aliphatic rings. The highest BCUT2D eigenvalue weighted by molar-refractivity contribution is 6.31. The molecule has 0 bridgehead atoms. The molecule has 8 rings (SSSR count). The predicted octanol–water partition coefficient (Wildman–Crippen LogP) is 20.9. The Kier molecular flexibility index (Phi) is 27.3. The van der Waals surface area contributed by atoms with Crippen LogP contribution >= 0.6 is 23.2 Å². The smallest absolute Gasteiger partial charge is 0.338 e. The van der Waals surface area contributed by atoms with Crippen molar-refractivity contribution in [2.45, 2.75) is 198 Å². The first-order chi connectivity index (χ1) is 44.7. The number of aryl methyl sites for hydroxylation is 2. The largest absolute Gasteiger partial charge is 0.462 e. The van der Waals surface area contributed by atoms with E-state index in [1.54, 1.807) is 24.3 Å². The van der Waals surface area contributed by atoms with Crippen molar-refractivity contribution in [2.24, 2.45) is 0 Å². The Labute approximate surface area is 558 Å². The lowest BCUT2D eigenvalue weighted by atomic mass is 9.89. The fourth-order valence-electron chi connectivity index (χ4n) is 12.5. The van der Waals surface area contributed by atoms with Crippen molar-refractivity contribution < 1.29 is 32.7 Å². The second-order valence-corrected chi connectivity index (χ2v) is 25.9. The van der Waals surface area contributed by atoms with Crippen LogP contribution in [-0.4, -0.2) is 70.5 Å². The van der Waals surface area contributed by atoms with Gasteiger partial charge in [0, 0.05) is 116 Å². The van der Waals surface area contributed by atoms with Crippen molar-refractivity contribution in [3.05, 3.63) is 140 Å². The molecule has 0 saturated heterocycles. The standard InChI is InChI=1S/C79H102Cl2N4O7/c1-11-19-27-29-45-89-77(86)61-35-31-57(80)49-65(61)75-63-37-33-59(51-71(63)91-73-53-69(55(9)47-67(73)75)82(39-21-13-3)40-22-14-4)84(43-25-17-7)79(88)85(44-26-18-8)60-34-38-64-72(52-60)92-74-54-70(83(41-23-15-5)42-24-16-6)56(10)48-68(74)76(64)66-50-58(81)32-36-62(66)78(87)90-46-30-28-20-12-2/h31-38,47-54H,11-30,39-46H2,1-10H3/q+2. The van der Waals surface area contributed by atoms with Crippen LogP contribution in [0.2, 0.25) is 10.0 Å². The number of hydrogen-bond donors (Lipinski definition) is 0. The van der Waals surface area contributed by atoms with Gasteiger partial charge in [-0.25, -0.2) is 23.5 Å². The van der Waals surface area contributed by atoms with E-state index in [2.05, 4.69) is 103 Å². The van der Waals surface area contributed by atoms with E-state index in [1.165, 1.54) is 0 Å². The number of urea groups is 1. The molecule has 0 radical (unpaired) electrons. The minimum atomic E-state index is -0.404. The number of hydrogen-bond acceptors (Lipinski definition) is 7. The van der Waals surface area contributed by atoms with Gasteiger partial charge in [0.25, 0.3) is 0 Å². The number of nitrogens with zero attached hydrogens (tertiary/aromatic N) is 4. The zero-order valence-corrected chi connectivity index (χ0v) is 58.5. The zero-order valence-electron chi connectivity index (χ0n) is 56.9. The van der Waals surface area contributed by atoms with E-state index in [1.807, 2.05) is 58.3 Å². The van der Waals surface area contributed by atoms with Crippen molar-refractivity contribution in [1.29, 1.82) is 0 Å². The molecule has 13 heteroatoms. The predicted molar refractivity (Wildman–Crippen MR) is 384 cm³/mol. The van der Waals surface area contributed by atoms with Gasteiger partial charge in [-0.15, -0.1) is 0 Å². The maximum absolute atomic E-state index is 16.0. The highest BCUT2D eigenvalue weighted by atomic mass is 35.5. The van der Waals surface area contributed by atoms with Crippen LogP contribution in [0.25, 0.3) is 66.8 Å². The lowest BCUT2D eigenvalue weighted by Gasteiger charge is -2.31. The van der Waals surface area contributed by atoms with Crippen LogP contribution in [0.4, 0.5) is 16.2 Å². The molecule has 0 aromatic heterocycles. The average molecular weight is 1290 g/mol. The number of halogens is 2. The number of carbonyl (C=O) groups excluding carboxylic acids is 3. The van der Waals surface area contributed by atoms with Crippen LogP contribution in [-0.2, 0) is 9.47 Å². The lowest BCUT2D eigenvalue weighted by Crippen LogP contribution is -2.44. The fourth-order valence-corrected chi connectivity index (χ4v) is 12.9. The van der Waals surface area contributed by atoms with Crippen LogP contribution in [0.5, 0.6) is 0 Å². The fraction of sp³-hybridized carbons (Fsp3) is 0.481. The quantitative estimate of drug-likeness (QED) is 0.0171. The van der Waals surface area contributed by atoms with Gasteiger partial charge in [-0.2, -0.15) is 0 Å². The number of fused-ring (bicyclic) bond motifs is 4. The second kappa shape index (κ2) is 35.4. The molecule has 2 aliphatic heterocycles. The van der Waals surface area contributed by atoms with Gasteiger partial charge in [-0.05, 0) is 123 Å². The third-order valence-corrected chi connectivity index (χ3v) is 18.3. The number of amides is 2. The Balaban J connectivity index is 1.34. The third kappa shape index (κ3) is 17.4. The molecule has 2 amide bonds. The van der Waals surface area contributed by atoms with Gasteiger partial charge in [0.15, 0.2) is 0 Å². The molecule has 11 nitrogen and oxygen atoms in total. The van der Waals surface area contributed by atoms with Crippen molar-refractivity contribution in [3.63, 3.8) is 0 Å². The molecule has 0 unspecified atom stereocenters. The van der Waals surface area contributed by atoms with Gasteiger partial charge < -0.3 is 18.3 Å². The van der Waals surface area contributed by atoms with Crippen molar-refractivity contribution in [1.82, 2.24) is 9.15 Å². The van der Waals surface area contributed by atoms with Gasteiger partial charge in [0.05, 0.1) is 36.5 Å². The first-order valence-corrected chi connectivity index (χ1v) is 35.7. The number of esters is 2. The van der Waals surface area contributed by atoms with Crippen LogP contribution < -0.4 is 29.7 Å². The number of carbonyl (C=O) groups is 3. The van der Waals surface area contributed by atoms with Crippen LogP contribution in [0, 0.1) is 13.8 Å². The third-order valence-electron chi connectivity index (χ3n) is 17.8. The van der Waals surface area contributed by atoms with Gasteiger partial charge in [0.1, 0.15) is 48.9 Å². The number of anilines is 2. The number of ether oxygens (including phenoxy) is 2. The van der Waals surface area contributed by atoms with E-state index in [9.17, 15) is 9.59 Å². The SMILES string of the molecule is CCCCCCOC(=O)c1ccc(Cl)cc1-c1c2cc(C)c(=[N+](CCCC)CCCC)cc-2oc2cc(N(CCCC)C(=O)N(CCCC)c3ccc4c(-c5cc(Cl)ccc5C(=O)OCCCCCC)c5cc(C)c(=[N+](CCCC)CCCC)cc-5oc4c3)ccc12. The summed E-state index contributed by atoms with van der Waals surface area (Å²) in [6.45, 7) is 27.0. The summed E-state index contributed by atoms with van der Waals surface area (Å²) in [5.74, 6) is 0.509. The summed E-state index contributed by atoms with van der Waals surface area (Å²) < 4.78 is 31.3. The Morgan fingerprint density at radius 3 is 1.14 bits per heavy atom. The lowest BCUT2D eigenvalue weighted by molar-refractivity contribution is 0.0489. The number of rotatable bonds is 34. The van der Waals surface area contributed by atoms with E-state index in [-0.39, 0.29) is 6.03 Å².